The molecule has 0 saturated carbocycles. The highest BCUT2D eigenvalue weighted by Crippen LogP contribution is 2.29. The second-order valence-corrected chi connectivity index (χ2v) is 8.53. The molecule has 0 spiro atoms. The van der Waals surface area contributed by atoms with Gasteiger partial charge in [-0.1, -0.05) is 59.8 Å². The Balaban J connectivity index is 1.61. The highest BCUT2D eigenvalue weighted by Gasteiger charge is 2.18. The zero-order valence-corrected chi connectivity index (χ0v) is 19.7. The van der Waals surface area contributed by atoms with Gasteiger partial charge in [0.25, 0.3) is 0 Å². The van der Waals surface area contributed by atoms with Crippen LogP contribution in [0.3, 0.4) is 0 Å². The fraction of sp³-hybridized carbons (Fsp3) is 0.192. The molecule has 0 aliphatic carbocycles. The van der Waals surface area contributed by atoms with E-state index in [4.69, 9.17) is 4.74 Å². The van der Waals surface area contributed by atoms with E-state index in [-0.39, 0.29) is 11.7 Å². The summed E-state index contributed by atoms with van der Waals surface area (Å²) in [6.45, 7) is 6.59. The van der Waals surface area contributed by atoms with Gasteiger partial charge in [0.05, 0.1) is 12.4 Å². The number of para-hydroxylation sites is 1. The maximum atomic E-state index is 12.6. The highest BCUT2D eigenvalue weighted by atomic mass is 32.2. The minimum atomic E-state index is -0.0903. The number of hydrogen-bond donors (Lipinski definition) is 1. The van der Waals surface area contributed by atoms with Gasteiger partial charge in [-0.2, -0.15) is 0 Å². The summed E-state index contributed by atoms with van der Waals surface area (Å²) in [5.41, 5.74) is 4.87. The Kier molecular flexibility index (Phi) is 7.10. The third kappa shape index (κ3) is 5.43. The molecule has 1 heterocycles. The molecule has 0 atom stereocenters. The van der Waals surface area contributed by atoms with E-state index < -0.39 is 0 Å². The van der Waals surface area contributed by atoms with Crippen molar-refractivity contribution in [1.29, 1.82) is 0 Å². The Morgan fingerprint density at radius 2 is 1.70 bits per heavy atom. The number of nitrogens with one attached hydrogen (secondary N) is 1. The zero-order valence-electron chi connectivity index (χ0n) is 18.9. The number of thioether (sulfide) groups is 1. The SMILES string of the molecule is CCOc1ccc(-n2c(SCC(=O)Nc3ccccc3C)nnc2-c2ccc(C)cc2)cc1. The lowest BCUT2D eigenvalue weighted by Crippen LogP contribution is -2.15. The minimum Gasteiger partial charge on any atom is -0.494 e. The van der Waals surface area contributed by atoms with Crippen molar-refractivity contribution in [3.05, 3.63) is 83.9 Å². The van der Waals surface area contributed by atoms with Gasteiger partial charge in [-0.05, 0) is 56.7 Å². The van der Waals surface area contributed by atoms with Gasteiger partial charge >= 0.3 is 0 Å². The Hall–Kier alpha value is -3.58. The Labute approximate surface area is 198 Å². The Morgan fingerprint density at radius 3 is 2.39 bits per heavy atom. The topological polar surface area (TPSA) is 69.0 Å². The first kappa shape index (κ1) is 22.6. The molecule has 0 aliphatic rings. The molecular formula is C26H26N4O2S. The molecule has 6 nitrogen and oxygen atoms in total. The summed E-state index contributed by atoms with van der Waals surface area (Å²) in [5.74, 6) is 1.66. The van der Waals surface area contributed by atoms with Crippen LogP contribution in [-0.2, 0) is 4.79 Å². The molecule has 0 fully saturated rings. The van der Waals surface area contributed by atoms with E-state index in [1.165, 1.54) is 17.3 Å². The van der Waals surface area contributed by atoms with E-state index in [2.05, 4.69) is 34.6 Å². The molecule has 3 aromatic carbocycles. The number of aromatic nitrogens is 3. The smallest absolute Gasteiger partial charge is 0.234 e. The lowest BCUT2D eigenvalue weighted by molar-refractivity contribution is -0.113. The number of anilines is 1. The van der Waals surface area contributed by atoms with Crippen LogP contribution in [0.5, 0.6) is 5.75 Å². The maximum absolute atomic E-state index is 12.6. The lowest BCUT2D eigenvalue weighted by Gasteiger charge is -2.12. The summed E-state index contributed by atoms with van der Waals surface area (Å²) >= 11 is 1.35. The predicted molar refractivity (Wildman–Crippen MR) is 133 cm³/mol. The second-order valence-electron chi connectivity index (χ2n) is 7.59. The highest BCUT2D eigenvalue weighted by molar-refractivity contribution is 7.99. The number of benzene rings is 3. The summed E-state index contributed by atoms with van der Waals surface area (Å²) in [6, 6.07) is 23.7. The molecule has 4 rings (SSSR count). The van der Waals surface area contributed by atoms with E-state index >= 15 is 0 Å². The number of amides is 1. The molecule has 0 unspecified atom stereocenters. The van der Waals surface area contributed by atoms with Crippen molar-refractivity contribution in [2.24, 2.45) is 0 Å². The van der Waals surface area contributed by atoms with E-state index in [1.54, 1.807) is 0 Å². The first-order valence-electron chi connectivity index (χ1n) is 10.8. The van der Waals surface area contributed by atoms with Crippen molar-refractivity contribution in [3.8, 4) is 22.8 Å². The fourth-order valence-electron chi connectivity index (χ4n) is 3.37. The minimum absolute atomic E-state index is 0.0903. The molecular weight excluding hydrogens is 432 g/mol. The van der Waals surface area contributed by atoms with E-state index in [1.807, 2.05) is 79.1 Å². The number of carbonyl (C=O) groups excluding carboxylic acids is 1. The molecule has 1 aromatic heterocycles. The van der Waals surface area contributed by atoms with Gasteiger partial charge in [0.1, 0.15) is 5.75 Å². The number of rotatable bonds is 8. The summed E-state index contributed by atoms with van der Waals surface area (Å²) < 4.78 is 7.56. The summed E-state index contributed by atoms with van der Waals surface area (Å²) in [7, 11) is 0. The summed E-state index contributed by atoms with van der Waals surface area (Å²) in [5, 5.41) is 12.5. The molecule has 0 aliphatic heterocycles. The van der Waals surface area contributed by atoms with E-state index in [0.717, 1.165) is 34.1 Å². The number of carbonyl (C=O) groups is 1. The summed E-state index contributed by atoms with van der Waals surface area (Å²) in [6.07, 6.45) is 0. The Morgan fingerprint density at radius 1 is 0.970 bits per heavy atom. The van der Waals surface area contributed by atoms with Crippen LogP contribution >= 0.6 is 11.8 Å². The molecule has 33 heavy (non-hydrogen) atoms. The summed E-state index contributed by atoms with van der Waals surface area (Å²) in [4.78, 5) is 12.6. The Bertz CT molecular complexity index is 1230. The third-order valence-electron chi connectivity index (χ3n) is 5.10. The van der Waals surface area contributed by atoms with Gasteiger partial charge in [-0.3, -0.25) is 9.36 Å². The maximum Gasteiger partial charge on any atom is 0.234 e. The normalized spacial score (nSPS) is 10.8. The molecule has 0 saturated heterocycles. The zero-order chi connectivity index (χ0) is 23.2. The largest absolute Gasteiger partial charge is 0.494 e. The average molecular weight is 459 g/mol. The van der Waals surface area contributed by atoms with E-state index in [9.17, 15) is 4.79 Å². The molecule has 4 aromatic rings. The molecule has 168 valence electrons. The standard InChI is InChI=1S/C26H26N4O2S/c1-4-32-22-15-13-21(14-16-22)30-25(20-11-9-18(2)10-12-20)28-29-26(30)33-17-24(31)27-23-8-6-5-7-19(23)3/h5-16H,4,17H2,1-3H3,(H,27,31). The third-order valence-corrected chi connectivity index (χ3v) is 6.03. The fourth-order valence-corrected chi connectivity index (χ4v) is 4.13. The van der Waals surface area contributed by atoms with Crippen molar-refractivity contribution in [2.75, 3.05) is 17.7 Å². The van der Waals surface area contributed by atoms with Gasteiger partial charge in [0, 0.05) is 16.9 Å². The van der Waals surface area contributed by atoms with Crippen LogP contribution in [-0.4, -0.2) is 33.0 Å². The van der Waals surface area contributed by atoms with Gasteiger partial charge in [-0.25, -0.2) is 0 Å². The van der Waals surface area contributed by atoms with Crippen LogP contribution in [0.2, 0.25) is 0 Å². The quantitative estimate of drug-likeness (QED) is 0.344. The number of hydrogen-bond acceptors (Lipinski definition) is 5. The monoisotopic (exact) mass is 458 g/mol. The van der Waals surface area contributed by atoms with Gasteiger partial charge in [0.15, 0.2) is 11.0 Å². The van der Waals surface area contributed by atoms with Crippen LogP contribution in [0, 0.1) is 13.8 Å². The van der Waals surface area contributed by atoms with Crippen molar-refractivity contribution in [3.63, 3.8) is 0 Å². The molecule has 0 radical (unpaired) electrons. The first-order valence-corrected chi connectivity index (χ1v) is 11.8. The molecule has 1 amide bonds. The van der Waals surface area contributed by atoms with E-state index in [0.29, 0.717) is 11.8 Å². The lowest BCUT2D eigenvalue weighted by atomic mass is 10.1. The van der Waals surface area contributed by atoms with Crippen LogP contribution < -0.4 is 10.1 Å². The van der Waals surface area contributed by atoms with Crippen molar-refractivity contribution in [1.82, 2.24) is 14.8 Å². The molecule has 1 N–H and O–H groups in total. The van der Waals surface area contributed by atoms with Crippen molar-refractivity contribution >= 4 is 23.4 Å². The van der Waals surface area contributed by atoms with Crippen molar-refractivity contribution < 1.29 is 9.53 Å². The van der Waals surface area contributed by atoms with Crippen molar-refractivity contribution in [2.45, 2.75) is 25.9 Å². The van der Waals surface area contributed by atoms with Gasteiger partial charge in [-0.15, -0.1) is 10.2 Å². The number of aryl methyl sites for hydroxylation is 2. The average Bonchev–Trinajstić information content (AvgIpc) is 3.24. The van der Waals surface area contributed by atoms with Crippen LogP contribution in [0.1, 0.15) is 18.1 Å². The first-order chi connectivity index (χ1) is 16.0. The van der Waals surface area contributed by atoms with Gasteiger partial charge < -0.3 is 10.1 Å². The van der Waals surface area contributed by atoms with Crippen LogP contribution in [0.25, 0.3) is 17.1 Å². The number of nitrogens with zero attached hydrogens (tertiary/aromatic N) is 3. The second kappa shape index (κ2) is 10.4. The molecule has 0 bridgehead atoms. The van der Waals surface area contributed by atoms with Crippen LogP contribution in [0.4, 0.5) is 5.69 Å². The van der Waals surface area contributed by atoms with Gasteiger partial charge in [0.2, 0.25) is 5.91 Å². The number of ether oxygens (including phenoxy) is 1. The predicted octanol–water partition coefficient (Wildman–Crippen LogP) is 5.68. The van der Waals surface area contributed by atoms with Crippen LogP contribution in [0.15, 0.2) is 78.0 Å². The molecule has 7 heteroatoms.